The summed E-state index contributed by atoms with van der Waals surface area (Å²) in [7, 11) is 1.80. The molecule has 1 aliphatic rings. The van der Waals surface area contributed by atoms with Gasteiger partial charge in [0.05, 0.1) is 5.60 Å². The number of anilines is 1. The third-order valence-corrected chi connectivity index (χ3v) is 3.50. The zero-order valence-electron chi connectivity index (χ0n) is 9.33. The van der Waals surface area contributed by atoms with E-state index in [1.165, 1.54) is 24.8 Å². The Morgan fingerprint density at radius 2 is 1.80 bits per heavy atom. The number of hydrogen-bond donors (Lipinski definition) is 1. The predicted octanol–water partition coefficient (Wildman–Crippen LogP) is 3.07. The molecule has 1 aromatic carbocycles. The Morgan fingerprint density at radius 3 is 2.40 bits per heavy atom. The van der Waals surface area contributed by atoms with E-state index >= 15 is 0 Å². The molecule has 82 valence electrons. The van der Waals surface area contributed by atoms with Crippen molar-refractivity contribution in [2.75, 3.05) is 12.8 Å². The maximum Gasteiger partial charge on any atom is 0.0947 e. The monoisotopic (exact) mass is 205 g/mol. The van der Waals surface area contributed by atoms with Crippen LogP contribution in [0, 0.1) is 0 Å². The highest BCUT2D eigenvalue weighted by Crippen LogP contribution is 2.42. The second-order valence-electron chi connectivity index (χ2n) is 4.35. The molecule has 2 heteroatoms. The zero-order chi connectivity index (χ0) is 10.7. The van der Waals surface area contributed by atoms with Crippen molar-refractivity contribution in [1.29, 1.82) is 0 Å². The van der Waals surface area contributed by atoms with Crippen LogP contribution in [0.4, 0.5) is 5.69 Å². The molecule has 1 aliphatic carbocycles. The number of rotatable bonds is 2. The quantitative estimate of drug-likeness (QED) is 0.753. The molecule has 0 saturated heterocycles. The summed E-state index contributed by atoms with van der Waals surface area (Å²) in [4.78, 5) is 0. The lowest BCUT2D eigenvalue weighted by molar-refractivity contribution is -0.0439. The average molecular weight is 205 g/mol. The third-order valence-electron chi connectivity index (χ3n) is 3.50. The number of nitrogen functional groups attached to an aromatic ring is 1. The zero-order valence-corrected chi connectivity index (χ0v) is 9.33. The first-order valence-electron chi connectivity index (χ1n) is 5.69. The van der Waals surface area contributed by atoms with Gasteiger partial charge in [0.15, 0.2) is 0 Å². The smallest absolute Gasteiger partial charge is 0.0947 e. The molecule has 0 spiro atoms. The van der Waals surface area contributed by atoms with Crippen molar-refractivity contribution in [1.82, 2.24) is 0 Å². The van der Waals surface area contributed by atoms with E-state index in [1.807, 2.05) is 18.2 Å². The minimum Gasteiger partial charge on any atom is -0.398 e. The van der Waals surface area contributed by atoms with Gasteiger partial charge in [-0.05, 0) is 18.9 Å². The van der Waals surface area contributed by atoms with Gasteiger partial charge in [-0.1, -0.05) is 37.5 Å². The fraction of sp³-hybridized carbons (Fsp3) is 0.538. The molecule has 2 rings (SSSR count). The normalized spacial score (nSPS) is 20.1. The first kappa shape index (κ1) is 10.5. The highest BCUT2D eigenvalue weighted by Gasteiger charge is 2.34. The van der Waals surface area contributed by atoms with Crippen LogP contribution in [0.2, 0.25) is 0 Å². The molecule has 0 bridgehead atoms. The number of para-hydroxylation sites is 1. The van der Waals surface area contributed by atoms with E-state index in [2.05, 4.69) is 6.07 Å². The summed E-state index contributed by atoms with van der Waals surface area (Å²) in [6, 6.07) is 8.08. The Hall–Kier alpha value is -1.02. The lowest BCUT2D eigenvalue weighted by atomic mass is 9.79. The van der Waals surface area contributed by atoms with Gasteiger partial charge in [0.25, 0.3) is 0 Å². The number of benzene rings is 1. The van der Waals surface area contributed by atoms with Gasteiger partial charge >= 0.3 is 0 Å². The second kappa shape index (κ2) is 4.23. The lowest BCUT2D eigenvalue weighted by Crippen LogP contribution is -2.31. The van der Waals surface area contributed by atoms with Gasteiger partial charge in [-0.3, -0.25) is 0 Å². The van der Waals surface area contributed by atoms with Crippen LogP contribution in [-0.2, 0) is 10.3 Å². The predicted molar refractivity (Wildman–Crippen MR) is 62.6 cm³/mol. The van der Waals surface area contributed by atoms with Crippen LogP contribution in [0.5, 0.6) is 0 Å². The van der Waals surface area contributed by atoms with Crippen molar-refractivity contribution in [3.05, 3.63) is 29.8 Å². The number of nitrogens with two attached hydrogens (primary N) is 1. The van der Waals surface area contributed by atoms with E-state index in [1.54, 1.807) is 7.11 Å². The second-order valence-corrected chi connectivity index (χ2v) is 4.35. The highest BCUT2D eigenvalue weighted by atomic mass is 16.5. The molecule has 0 unspecified atom stereocenters. The lowest BCUT2D eigenvalue weighted by Gasteiger charge is -2.37. The molecule has 2 nitrogen and oxygen atoms in total. The summed E-state index contributed by atoms with van der Waals surface area (Å²) in [6.45, 7) is 0. The van der Waals surface area contributed by atoms with Crippen molar-refractivity contribution in [2.24, 2.45) is 0 Å². The number of methoxy groups -OCH3 is 1. The van der Waals surface area contributed by atoms with Gasteiger partial charge in [0.2, 0.25) is 0 Å². The molecule has 0 radical (unpaired) electrons. The van der Waals surface area contributed by atoms with Gasteiger partial charge in [-0.25, -0.2) is 0 Å². The van der Waals surface area contributed by atoms with Crippen LogP contribution < -0.4 is 5.73 Å². The van der Waals surface area contributed by atoms with Crippen LogP contribution in [0.1, 0.15) is 37.7 Å². The molecule has 0 aliphatic heterocycles. The molecule has 0 amide bonds. The largest absolute Gasteiger partial charge is 0.398 e. The molecule has 1 aromatic rings. The molecule has 1 fully saturated rings. The summed E-state index contributed by atoms with van der Waals surface area (Å²) in [5.41, 5.74) is 7.95. The van der Waals surface area contributed by atoms with E-state index < -0.39 is 0 Å². The van der Waals surface area contributed by atoms with E-state index in [9.17, 15) is 0 Å². The van der Waals surface area contributed by atoms with Gasteiger partial charge in [0, 0.05) is 18.4 Å². The fourth-order valence-electron chi connectivity index (χ4n) is 2.62. The topological polar surface area (TPSA) is 35.2 Å². The number of hydrogen-bond acceptors (Lipinski definition) is 2. The van der Waals surface area contributed by atoms with Crippen molar-refractivity contribution < 1.29 is 4.74 Å². The molecule has 15 heavy (non-hydrogen) atoms. The third kappa shape index (κ3) is 1.86. The molecule has 0 atom stereocenters. The summed E-state index contributed by atoms with van der Waals surface area (Å²) in [6.07, 6.45) is 5.98. The fourth-order valence-corrected chi connectivity index (χ4v) is 2.62. The van der Waals surface area contributed by atoms with Crippen molar-refractivity contribution in [3.63, 3.8) is 0 Å². The molecular weight excluding hydrogens is 186 g/mol. The minimum absolute atomic E-state index is 0.121. The van der Waals surface area contributed by atoms with E-state index in [0.717, 1.165) is 18.5 Å². The van der Waals surface area contributed by atoms with Gasteiger partial charge in [-0.2, -0.15) is 0 Å². The maximum absolute atomic E-state index is 6.03. The summed E-state index contributed by atoms with van der Waals surface area (Å²) < 4.78 is 5.77. The van der Waals surface area contributed by atoms with Crippen LogP contribution in [0.15, 0.2) is 24.3 Å². The standard InChI is InChI=1S/C13H19NO/c1-15-13(9-5-2-6-10-13)11-7-3-4-8-12(11)14/h3-4,7-8H,2,5-6,9-10,14H2,1H3. The van der Waals surface area contributed by atoms with Gasteiger partial charge in [0.1, 0.15) is 0 Å². The van der Waals surface area contributed by atoms with Crippen molar-refractivity contribution >= 4 is 5.69 Å². The Balaban J connectivity index is 2.36. The maximum atomic E-state index is 6.03. The Morgan fingerprint density at radius 1 is 1.13 bits per heavy atom. The van der Waals surface area contributed by atoms with Crippen molar-refractivity contribution in [3.8, 4) is 0 Å². The van der Waals surface area contributed by atoms with E-state index in [4.69, 9.17) is 10.5 Å². The molecule has 1 saturated carbocycles. The highest BCUT2D eigenvalue weighted by molar-refractivity contribution is 5.49. The van der Waals surface area contributed by atoms with Crippen LogP contribution in [0.3, 0.4) is 0 Å². The van der Waals surface area contributed by atoms with Crippen LogP contribution >= 0.6 is 0 Å². The average Bonchev–Trinajstić information content (AvgIpc) is 2.30. The number of ether oxygens (including phenoxy) is 1. The summed E-state index contributed by atoms with van der Waals surface area (Å²) >= 11 is 0. The minimum atomic E-state index is -0.121. The Labute approximate surface area is 91.4 Å². The summed E-state index contributed by atoms with van der Waals surface area (Å²) in [5, 5.41) is 0. The van der Waals surface area contributed by atoms with E-state index in [0.29, 0.717) is 0 Å². The van der Waals surface area contributed by atoms with Gasteiger partial charge < -0.3 is 10.5 Å². The molecule has 2 N–H and O–H groups in total. The van der Waals surface area contributed by atoms with E-state index in [-0.39, 0.29) is 5.60 Å². The Kier molecular flexibility index (Phi) is 2.96. The molecule has 0 heterocycles. The first-order valence-corrected chi connectivity index (χ1v) is 5.69. The van der Waals surface area contributed by atoms with Crippen molar-refractivity contribution in [2.45, 2.75) is 37.7 Å². The Bertz CT molecular complexity index is 329. The molecular formula is C13H19NO. The van der Waals surface area contributed by atoms with Crippen LogP contribution in [-0.4, -0.2) is 7.11 Å². The molecule has 0 aromatic heterocycles. The van der Waals surface area contributed by atoms with Gasteiger partial charge in [-0.15, -0.1) is 0 Å². The summed E-state index contributed by atoms with van der Waals surface area (Å²) in [5.74, 6) is 0. The van der Waals surface area contributed by atoms with Crippen LogP contribution in [0.25, 0.3) is 0 Å². The first-order chi connectivity index (χ1) is 7.28. The SMILES string of the molecule is COC1(c2ccccc2N)CCCCC1.